The molecular weight excluding hydrogens is 504 g/mol. The van der Waals surface area contributed by atoms with Gasteiger partial charge in [0.15, 0.2) is 0 Å². The van der Waals surface area contributed by atoms with Gasteiger partial charge in [0, 0.05) is 10.2 Å². The van der Waals surface area contributed by atoms with Gasteiger partial charge in [0.05, 0.1) is 22.7 Å². The Bertz CT molecular complexity index is 1200. The zero-order valence-corrected chi connectivity index (χ0v) is 20.0. The Morgan fingerprint density at radius 2 is 1.81 bits per heavy atom. The maximum Gasteiger partial charge on any atom is 0.264 e. The number of benzene rings is 3. The molecule has 162 valence electrons. The number of methoxy groups -OCH3 is 1. The smallest absolute Gasteiger partial charge is 0.264 e. The molecule has 3 aromatic carbocycles. The molecule has 1 amide bonds. The third kappa shape index (κ3) is 5.39. The van der Waals surface area contributed by atoms with Gasteiger partial charge >= 0.3 is 0 Å². The molecule has 0 bridgehead atoms. The molecular formula is C22H20BrClN2O4S. The summed E-state index contributed by atoms with van der Waals surface area (Å²) in [6.45, 7) is 1.35. The standard InChI is InChI=1S/C22H20BrClN2O4S/c1-15-12-18(9-11-21(15)30-2)31(28,29)26(17-6-4-3-5-7-17)14-22(27)25-16-8-10-19(23)20(24)13-16/h3-13H,14H2,1-2H3,(H,25,27). The lowest BCUT2D eigenvalue weighted by Gasteiger charge is -2.24. The second-order valence-corrected chi connectivity index (χ2v) is 9.78. The molecule has 9 heteroatoms. The molecule has 0 fully saturated rings. The van der Waals surface area contributed by atoms with Crippen molar-refractivity contribution in [2.24, 2.45) is 0 Å². The summed E-state index contributed by atoms with van der Waals surface area (Å²) in [6, 6.07) is 18.0. The van der Waals surface area contributed by atoms with E-state index in [-0.39, 0.29) is 4.90 Å². The summed E-state index contributed by atoms with van der Waals surface area (Å²) in [5.41, 5.74) is 1.51. The van der Waals surface area contributed by atoms with E-state index in [0.717, 1.165) is 4.31 Å². The average molecular weight is 524 g/mol. The molecule has 0 unspecified atom stereocenters. The van der Waals surface area contributed by atoms with E-state index in [2.05, 4.69) is 21.2 Å². The summed E-state index contributed by atoms with van der Waals surface area (Å²) < 4.78 is 33.9. The molecule has 0 atom stereocenters. The first kappa shape index (κ1) is 23.1. The number of nitrogens with one attached hydrogen (secondary N) is 1. The first-order valence-electron chi connectivity index (χ1n) is 9.19. The van der Waals surface area contributed by atoms with Crippen LogP contribution < -0.4 is 14.4 Å². The minimum atomic E-state index is -4.02. The van der Waals surface area contributed by atoms with Crippen molar-refractivity contribution in [1.82, 2.24) is 0 Å². The van der Waals surface area contributed by atoms with E-state index < -0.39 is 22.5 Å². The topological polar surface area (TPSA) is 75.7 Å². The minimum Gasteiger partial charge on any atom is -0.496 e. The minimum absolute atomic E-state index is 0.0640. The molecule has 0 heterocycles. The number of para-hydroxylation sites is 1. The summed E-state index contributed by atoms with van der Waals surface area (Å²) in [7, 11) is -2.50. The molecule has 0 aliphatic rings. The Hall–Kier alpha value is -2.55. The number of ether oxygens (including phenoxy) is 1. The van der Waals surface area contributed by atoms with Gasteiger partial charge in [0.2, 0.25) is 5.91 Å². The number of sulfonamides is 1. The Labute approximate surface area is 195 Å². The summed E-state index contributed by atoms with van der Waals surface area (Å²) >= 11 is 9.37. The fourth-order valence-corrected chi connectivity index (χ4v) is 4.89. The zero-order valence-electron chi connectivity index (χ0n) is 16.8. The van der Waals surface area contributed by atoms with Gasteiger partial charge in [0.25, 0.3) is 10.0 Å². The molecule has 0 radical (unpaired) electrons. The van der Waals surface area contributed by atoms with Gasteiger partial charge in [0.1, 0.15) is 12.3 Å². The highest BCUT2D eigenvalue weighted by molar-refractivity contribution is 9.10. The molecule has 31 heavy (non-hydrogen) atoms. The molecule has 0 saturated carbocycles. The SMILES string of the molecule is COc1ccc(S(=O)(=O)N(CC(=O)Nc2ccc(Br)c(Cl)c2)c2ccccc2)cc1C. The Kier molecular flexibility index (Phi) is 7.25. The number of rotatable bonds is 7. The number of amides is 1. The van der Waals surface area contributed by atoms with Gasteiger partial charge < -0.3 is 10.1 Å². The van der Waals surface area contributed by atoms with Crippen molar-refractivity contribution >= 4 is 54.8 Å². The van der Waals surface area contributed by atoms with E-state index in [1.807, 2.05) is 0 Å². The van der Waals surface area contributed by atoms with E-state index in [9.17, 15) is 13.2 Å². The molecule has 0 aromatic heterocycles. The van der Waals surface area contributed by atoms with Crippen LogP contribution in [0.5, 0.6) is 5.75 Å². The van der Waals surface area contributed by atoms with Crippen molar-refractivity contribution in [3.05, 3.63) is 81.8 Å². The van der Waals surface area contributed by atoms with Crippen LogP contribution in [0.1, 0.15) is 5.56 Å². The van der Waals surface area contributed by atoms with Gasteiger partial charge in [-0.15, -0.1) is 0 Å². The van der Waals surface area contributed by atoms with Crippen LogP contribution in [-0.2, 0) is 14.8 Å². The van der Waals surface area contributed by atoms with Crippen LogP contribution >= 0.6 is 27.5 Å². The van der Waals surface area contributed by atoms with Crippen molar-refractivity contribution in [2.75, 3.05) is 23.3 Å². The normalized spacial score (nSPS) is 11.1. The third-order valence-corrected chi connectivity index (χ3v) is 7.49. The number of carbonyl (C=O) groups excluding carboxylic acids is 1. The molecule has 6 nitrogen and oxygen atoms in total. The molecule has 3 rings (SSSR count). The average Bonchev–Trinajstić information content (AvgIpc) is 2.75. The maximum atomic E-state index is 13.4. The van der Waals surface area contributed by atoms with E-state index >= 15 is 0 Å². The fourth-order valence-electron chi connectivity index (χ4n) is 2.95. The lowest BCUT2D eigenvalue weighted by molar-refractivity contribution is -0.114. The van der Waals surface area contributed by atoms with Crippen LogP contribution in [0.3, 0.4) is 0 Å². The van der Waals surface area contributed by atoms with Crippen LogP contribution in [0.4, 0.5) is 11.4 Å². The molecule has 1 N–H and O–H groups in total. The van der Waals surface area contributed by atoms with Crippen molar-refractivity contribution in [3.8, 4) is 5.75 Å². The zero-order chi connectivity index (χ0) is 22.6. The van der Waals surface area contributed by atoms with Gasteiger partial charge in [-0.3, -0.25) is 9.10 Å². The Balaban J connectivity index is 1.94. The molecule has 3 aromatic rings. The molecule has 0 aliphatic carbocycles. The summed E-state index contributed by atoms with van der Waals surface area (Å²) in [5.74, 6) is 0.0751. The third-order valence-electron chi connectivity index (χ3n) is 4.49. The lowest BCUT2D eigenvalue weighted by atomic mass is 10.2. The quantitative estimate of drug-likeness (QED) is 0.459. The lowest BCUT2D eigenvalue weighted by Crippen LogP contribution is -2.38. The van der Waals surface area contributed by atoms with Crippen molar-refractivity contribution in [2.45, 2.75) is 11.8 Å². The van der Waals surface area contributed by atoms with Crippen LogP contribution in [0.25, 0.3) is 0 Å². The van der Waals surface area contributed by atoms with Gasteiger partial charge in [-0.2, -0.15) is 0 Å². The predicted molar refractivity (Wildman–Crippen MR) is 126 cm³/mol. The highest BCUT2D eigenvalue weighted by atomic mass is 79.9. The first-order chi connectivity index (χ1) is 14.7. The number of nitrogens with zero attached hydrogens (tertiary/aromatic N) is 1. The van der Waals surface area contributed by atoms with Crippen LogP contribution in [0.2, 0.25) is 5.02 Å². The number of hydrogen-bond donors (Lipinski definition) is 1. The van der Waals surface area contributed by atoms with Gasteiger partial charge in [-0.05, 0) is 76.9 Å². The van der Waals surface area contributed by atoms with Crippen LogP contribution in [-0.4, -0.2) is 28.0 Å². The van der Waals surface area contributed by atoms with Crippen molar-refractivity contribution in [1.29, 1.82) is 0 Å². The largest absolute Gasteiger partial charge is 0.496 e. The molecule has 0 spiro atoms. The number of carbonyl (C=O) groups is 1. The number of anilines is 2. The summed E-state index contributed by atoms with van der Waals surface area (Å²) in [5, 5.41) is 3.12. The maximum absolute atomic E-state index is 13.4. The second-order valence-electron chi connectivity index (χ2n) is 6.66. The number of halogens is 2. The van der Waals surface area contributed by atoms with Crippen molar-refractivity contribution < 1.29 is 17.9 Å². The highest BCUT2D eigenvalue weighted by Gasteiger charge is 2.27. The Morgan fingerprint density at radius 1 is 1.10 bits per heavy atom. The molecule has 0 saturated heterocycles. The predicted octanol–water partition coefficient (Wildman–Crippen LogP) is 5.25. The first-order valence-corrected chi connectivity index (χ1v) is 11.8. The molecule has 0 aliphatic heterocycles. The van der Waals surface area contributed by atoms with Gasteiger partial charge in [-0.25, -0.2) is 8.42 Å². The number of hydrogen-bond acceptors (Lipinski definition) is 4. The monoisotopic (exact) mass is 522 g/mol. The van der Waals surface area contributed by atoms with E-state index in [0.29, 0.717) is 32.2 Å². The highest BCUT2D eigenvalue weighted by Crippen LogP contribution is 2.28. The van der Waals surface area contributed by atoms with E-state index in [1.165, 1.54) is 19.2 Å². The van der Waals surface area contributed by atoms with Gasteiger partial charge in [-0.1, -0.05) is 29.8 Å². The van der Waals surface area contributed by atoms with Crippen LogP contribution in [0.15, 0.2) is 76.1 Å². The Morgan fingerprint density at radius 3 is 2.42 bits per heavy atom. The number of aryl methyl sites for hydroxylation is 1. The van der Waals surface area contributed by atoms with Crippen molar-refractivity contribution in [3.63, 3.8) is 0 Å². The fraction of sp³-hybridized carbons (Fsp3) is 0.136. The van der Waals surface area contributed by atoms with Crippen LogP contribution in [0, 0.1) is 6.92 Å². The second kappa shape index (κ2) is 9.72. The summed E-state index contributed by atoms with van der Waals surface area (Å²) in [4.78, 5) is 12.8. The van der Waals surface area contributed by atoms with E-state index in [4.69, 9.17) is 16.3 Å². The van der Waals surface area contributed by atoms with E-state index in [1.54, 1.807) is 61.5 Å². The summed E-state index contributed by atoms with van der Waals surface area (Å²) in [6.07, 6.45) is 0.